The Morgan fingerprint density at radius 3 is 2.96 bits per heavy atom. The molecule has 0 atom stereocenters. The van der Waals surface area contributed by atoms with Crippen molar-refractivity contribution in [3.63, 3.8) is 0 Å². The van der Waals surface area contributed by atoms with E-state index in [1.165, 1.54) is 13.4 Å². The smallest absolute Gasteiger partial charge is 0.341 e. The van der Waals surface area contributed by atoms with E-state index in [-0.39, 0.29) is 6.54 Å². The molecule has 2 heterocycles. The van der Waals surface area contributed by atoms with Crippen molar-refractivity contribution in [1.29, 1.82) is 5.26 Å². The average molecular weight is 322 g/mol. The molecule has 0 unspecified atom stereocenters. The van der Waals surface area contributed by atoms with E-state index in [1.54, 1.807) is 24.3 Å². The van der Waals surface area contributed by atoms with Crippen LogP contribution in [0, 0.1) is 18.3 Å². The summed E-state index contributed by atoms with van der Waals surface area (Å²) in [5, 5.41) is 17.3. The minimum atomic E-state index is -0.461. The third-order valence-electron chi connectivity index (χ3n) is 3.64. The van der Waals surface area contributed by atoms with Gasteiger partial charge in [0, 0.05) is 5.56 Å². The average Bonchev–Trinajstić information content (AvgIpc) is 3.22. The summed E-state index contributed by atoms with van der Waals surface area (Å²) in [6.45, 7) is 2.09. The molecule has 0 spiro atoms. The van der Waals surface area contributed by atoms with E-state index < -0.39 is 5.97 Å². The van der Waals surface area contributed by atoms with Gasteiger partial charge in [0.05, 0.1) is 31.6 Å². The Kier molecular flexibility index (Phi) is 4.12. The zero-order valence-corrected chi connectivity index (χ0v) is 13.2. The summed E-state index contributed by atoms with van der Waals surface area (Å²) in [4.78, 5) is 11.8. The lowest BCUT2D eigenvalue weighted by atomic mass is 10.1. The fraction of sp³-hybridized carbons (Fsp3) is 0.176. The van der Waals surface area contributed by atoms with E-state index in [2.05, 4.69) is 16.3 Å². The number of carbonyl (C=O) groups excluding carboxylic acids is 1. The number of ether oxygens (including phenoxy) is 1. The van der Waals surface area contributed by atoms with Gasteiger partial charge in [0.25, 0.3) is 0 Å². The maximum absolute atomic E-state index is 11.8. The Bertz CT molecular complexity index is 933. The summed E-state index contributed by atoms with van der Waals surface area (Å²) >= 11 is 0. The van der Waals surface area contributed by atoms with Gasteiger partial charge in [-0.05, 0) is 25.1 Å². The highest BCUT2D eigenvalue weighted by Crippen LogP contribution is 2.22. The number of aryl methyl sites for hydroxylation is 1. The van der Waals surface area contributed by atoms with Crippen LogP contribution in [0.25, 0.3) is 11.4 Å². The molecule has 0 fully saturated rings. The molecule has 0 N–H and O–H groups in total. The summed E-state index contributed by atoms with van der Waals surface area (Å²) in [5.74, 6) is 1.26. The highest BCUT2D eigenvalue weighted by Gasteiger charge is 2.19. The molecule has 1 aromatic carbocycles. The molecule has 0 aliphatic heterocycles. The van der Waals surface area contributed by atoms with Crippen LogP contribution in [-0.2, 0) is 11.3 Å². The van der Waals surface area contributed by atoms with Crippen molar-refractivity contribution in [2.24, 2.45) is 0 Å². The van der Waals surface area contributed by atoms with Crippen LogP contribution in [0.2, 0.25) is 0 Å². The number of esters is 1. The molecule has 2 aromatic heterocycles. The van der Waals surface area contributed by atoms with Crippen LogP contribution in [0.4, 0.5) is 0 Å². The molecule has 0 saturated carbocycles. The first-order chi connectivity index (χ1) is 11.6. The van der Waals surface area contributed by atoms with Crippen molar-refractivity contribution < 1.29 is 13.9 Å². The second-order valence-electron chi connectivity index (χ2n) is 5.10. The summed E-state index contributed by atoms with van der Waals surface area (Å²) in [6.07, 6.45) is 1.44. The third kappa shape index (κ3) is 2.77. The third-order valence-corrected chi connectivity index (χ3v) is 3.64. The van der Waals surface area contributed by atoms with E-state index in [0.29, 0.717) is 28.5 Å². The number of furan rings is 1. The van der Waals surface area contributed by atoms with Gasteiger partial charge >= 0.3 is 5.97 Å². The number of rotatable bonds is 4. The largest absolute Gasteiger partial charge is 0.467 e. The van der Waals surface area contributed by atoms with Crippen molar-refractivity contribution in [3.05, 3.63) is 59.3 Å². The fourth-order valence-electron chi connectivity index (χ4n) is 2.41. The molecule has 0 radical (unpaired) electrons. The zero-order chi connectivity index (χ0) is 17.1. The van der Waals surface area contributed by atoms with E-state index in [1.807, 2.05) is 17.6 Å². The molecule has 0 bridgehead atoms. The molecule has 3 rings (SSSR count). The quantitative estimate of drug-likeness (QED) is 0.685. The topological polar surface area (TPSA) is 93.9 Å². The van der Waals surface area contributed by atoms with Crippen molar-refractivity contribution in [1.82, 2.24) is 14.8 Å². The second kappa shape index (κ2) is 6.38. The highest BCUT2D eigenvalue weighted by atomic mass is 16.5. The number of benzene rings is 1. The Labute approximate surface area is 138 Å². The van der Waals surface area contributed by atoms with E-state index in [4.69, 9.17) is 14.4 Å². The van der Waals surface area contributed by atoms with Gasteiger partial charge < -0.3 is 13.7 Å². The van der Waals surface area contributed by atoms with Gasteiger partial charge in [0.15, 0.2) is 5.82 Å². The Hall–Kier alpha value is -3.40. The first kappa shape index (κ1) is 15.5. The number of methoxy groups -OCH3 is 1. The fourth-order valence-corrected chi connectivity index (χ4v) is 2.41. The molecule has 24 heavy (non-hydrogen) atoms. The molecule has 7 nitrogen and oxygen atoms in total. The Balaban J connectivity index is 2.01. The van der Waals surface area contributed by atoms with Crippen molar-refractivity contribution in [2.75, 3.05) is 7.11 Å². The molecular weight excluding hydrogens is 308 g/mol. The normalized spacial score (nSPS) is 10.4. The molecule has 0 saturated heterocycles. The van der Waals surface area contributed by atoms with Gasteiger partial charge in [0.1, 0.15) is 17.1 Å². The number of nitriles is 1. The van der Waals surface area contributed by atoms with Gasteiger partial charge in [0.2, 0.25) is 0 Å². The maximum atomic E-state index is 11.8. The van der Waals surface area contributed by atoms with E-state index >= 15 is 0 Å². The van der Waals surface area contributed by atoms with Crippen molar-refractivity contribution in [3.8, 4) is 17.5 Å². The van der Waals surface area contributed by atoms with Crippen molar-refractivity contribution in [2.45, 2.75) is 13.5 Å². The number of hydrogen-bond acceptors (Lipinski definition) is 6. The lowest BCUT2D eigenvalue weighted by Gasteiger charge is -2.08. The number of aromatic nitrogens is 3. The zero-order valence-electron chi connectivity index (χ0n) is 13.2. The summed E-state index contributed by atoms with van der Waals surface area (Å²) in [6, 6.07) is 10.8. The highest BCUT2D eigenvalue weighted by molar-refractivity contribution is 5.90. The van der Waals surface area contributed by atoms with Crippen LogP contribution >= 0.6 is 0 Å². The predicted octanol–water partition coefficient (Wildman–Crippen LogP) is 2.55. The van der Waals surface area contributed by atoms with Gasteiger partial charge in [-0.1, -0.05) is 12.1 Å². The lowest BCUT2D eigenvalue weighted by Crippen LogP contribution is -2.09. The molecular formula is C17H14N4O3. The van der Waals surface area contributed by atoms with Crippen molar-refractivity contribution >= 4 is 5.97 Å². The molecule has 7 heteroatoms. The number of hydrogen-bond donors (Lipinski definition) is 0. The maximum Gasteiger partial charge on any atom is 0.341 e. The SMILES string of the molecule is COC(=O)c1ccoc1Cn1c(C)nnc1-c1cccc(C#N)c1. The van der Waals surface area contributed by atoms with Crippen LogP contribution in [0.3, 0.4) is 0 Å². The second-order valence-corrected chi connectivity index (χ2v) is 5.10. The predicted molar refractivity (Wildman–Crippen MR) is 84.1 cm³/mol. The minimum absolute atomic E-state index is 0.280. The first-order valence-electron chi connectivity index (χ1n) is 7.19. The van der Waals surface area contributed by atoms with Crippen LogP contribution < -0.4 is 0 Å². The van der Waals surface area contributed by atoms with Crippen LogP contribution in [0.15, 0.2) is 41.0 Å². The van der Waals surface area contributed by atoms with Gasteiger partial charge in [-0.25, -0.2) is 4.79 Å². The molecule has 3 aromatic rings. The van der Waals surface area contributed by atoms with Crippen LogP contribution in [0.1, 0.15) is 27.5 Å². The van der Waals surface area contributed by atoms with E-state index in [9.17, 15) is 4.79 Å². The van der Waals surface area contributed by atoms with E-state index in [0.717, 1.165) is 5.56 Å². The number of carbonyl (C=O) groups is 1. The van der Waals surface area contributed by atoms with Gasteiger partial charge in [-0.2, -0.15) is 5.26 Å². The summed E-state index contributed by atoms with van der Waals surface area (Å²) < 4.78 is 12.0. The minimum Gasteiger partial charge on any atom is -0.467 e. The Morgan fingerprint density at radius 1 is 1.38 bits per heavy atom. The number of nitrogens with zero attached hydrogens (tertiary/aromatic N) is 4. The van der Waals surface area contributed by atoms with Gasteiger partial charge in [-0.3, -0.25) is 0 Å². The summed E-state index contributed by atoms with van der Waals surface area (Å²) in [5.41, 5.74) is 1.66. The summed E-state index contributed by atoms with van der Waals surface area (Å²) in [7, 11) is 1.32. The molecule has 120 valence electrons. The first-order valence-corrected chi connectivity index (χ1v) is 7.19. The molecule has 0 aliphatic rings. The standard InChI is InChI=1S/C17H14N4O3/c1-11-19-20-16(13-5-3-4-12(8-13)9-18)21(11)10-15-14(6-7-24-15)17(22)23-2/h3-8H,10H2,1-2H3. The lowest BCUT2D eigenvalue weighted by molar-refractivity contribution is 0.0598. The van der Waals surface area contributed by atoms with Crippen LogP contribution in [0.5, 0.6) is 0 Å². The Morgan fingerprint density at radius 2 is 2.21 bits per heavy atom. The molecule has 0 amide bonds. The van der Waals surface area contributed by atoms with Crippen LogP contribution in [-0.4, -0.2) is 27.8 Å². The van der Waals surface area contributed by atoms with Gasteiger partial charge in [-0.15, -0.1) is 10.2 Å². The monoisotopic (exact) mass is 322 g/mol. The molecule has 0 aliphatic carbocycles.